The summed E-state index contributed by atoms with van der Waals surface area (Å²) in [4.78, 5) is 16.8. The van der Waals surface area contributed by atoms with Gasteiger partial charge in [-0.05, 0) is 58.2 Å². The van der Waals surface area contributed by atoms with E-state index in [1.165, 1.54) is 17.5 Å². The lowest BCUT2D eigenvalue weighted by atomic mass is 9.97. The first kappa shape index (κ1) is 16.0. The molecule has 3 nitrogen and oxygen atoms in total. The lowest BCUT2D eigenvalue weighted by Crippen LogP contribution is -2.50. The third kappa shape index (κ3) is 4.07. The highest BCUT2D eigenvalue weighted by Crippen LogP contribution is 2.22. The van der Waals surface area contributed by atoms with Crippen LogP contribution in [0.5, 0.6) is 0 Å². The molecule has 116 valence electrons. The molecule has 0 radical (unpaired) electrons. The first-order valence-corrected chi connectivity index (χ1v) is 8.03. The molecule has 1 aromatic carbocycles. The van der Waals surface area contributed by atoms with Crippen LogP contribution in [0.4, 0.5) is 0 Å². The maximum absolute atomic E-state index is 12.6. The highest BCUT2D eigenvalue weighted by atomic mass is 16.2. The van der Waals surface area contributed by atoms with Crippen LogP contribution in [-0.2, 0) is 11.3 Å². The molecular weight excluding hydrogens is 260 g/mol. The van der Waals surface area contributed by atoms with Gasteiger partial charge >= 0.3 is 0 Å². The molecule has 1 aromatic rings. The minimum Gasteiger partial charge on any atom is -0.336 e. The molecule has 0 aromatic heterocycles. The Kier molecular flexibility index (Phi) is 5.40. The van der Waals surface area contributed by atoms with Crippen LogP contribution in [0.3, 0.4) is 0 Å². The third-order valence-electron chi connectivity index (χ3n) is 4.59. The van der Waals surface area contributed by atoms with E-state index in [-0.39, 0.29) is 5.91 Å². The average molecular weight is 288 g/mol. The second-order valence-corrected chi connectivity index (χ2v) is 6.53. The first-order chi connectivity index (χ1) is 9.99. The predicted molar refractivity (Wildman–Crippen MR) is 87.1 cm³/mol. The fraction of sp³-hybridized carbons (Fsp3) is 0.611. The van der Waals surface area contributed by atoms with Crippen molar-refractivity contribution in [2.24, 2.45) is 0 Å². The molecule has 2 atom stereocenters. The summed E-state index contributed by atoms with van der Waals surface area (Å²) < 4.78 is 0. The van der Waals surface area contributed by atoms with Gasteiger partial charge in [0.1, 0.15) is 0 Å². The van der Waals surface area contributed by atoms with Gasteiger partial charge in [-0.25, -0.2) is 0 Å². The van der Waals surface area contributed by atoms with Gasteiger partial charge in [0.05, 0.1) is 6.54 Å². The molecule has 3 heteroatoms. The molecule has 1 saturated heterocycles. The molecule has 0 aliphatic carbocycles. The van der Waals surface area contributed by atoms with Crippen LogP contribution in [0.2, 0.25) is 0 Å². The van der Waals surface area contributed by atoms with Crippen molar-refractivity contribution in [2.75, 3.05) is 13.6 Å². The van der Waals surface area contributed by atoms with Crippen molar-refractivity contribution in [1.29, 1.82) is 0 Å². The number of rotatable bonds is 4. The zero-order chi connectivity index (χ0) is 15.4. The molecule has 0 bridgehead atoms. The number of carbonyl (C=O) groups is 1. The molecule has 1 fully saturated rings. The Balaban J connectivity index is 1.94. The van der Waals surface area contributed by atoms with Crippen LogP contribution in [0.15, 0.2) is 24.3 Å². The minimum atomic E-state index is 0.269. The number of aryl methyl sites for hydroxylation is 1. The van der Waals surface area contributed by atoms with Crippen LogP contribution < -0.4 is 0 Å². The summed E-state index contributed by atoms with van der Waals surface area (Å²) in [6.45, 7) is 7.81. The number of hydrogen-bond donors (Lipinski definition) is 0. The van der Waals surface area contributed by atoms with Crippen molar-refractivity contribution in [1.82, 2.24) is 9.80 Å². The number of piperidine rings is 1. The van der Waals surface area contributed by atoms with E-state index in [0.29, 0.717) is 18.6 Å². The smallest absolute Gasteiger partial charge is 0.237 e. The van der Waals surface area contributed by atoms with E-state index in [1.54, 1.807) is 0 Å². The van der Waals surface area contributed by atoms with Gasteiger partial charge in [-0.15, -0.1) is 0 Å². The maximum atomic E-state index is 12.6. The normalized spacial score (nSPS) is 22.6. The summed E-state index contributed by atoms with van der Waals surface area (Å²) in [7, 11) is 2.03. The Morgan fingerprint density at radius 3 is 2.48 bits per heavy atom. The van der Waals surface area contributed by atoms with E-state index in [9.17, 15) is 4.79 Å². The van der Waals surface area contributed by atoms with Crippen molar-refractivity contribution >= 4 is 5.91 Å². The number of benzene rings is 1. The molecule has 0 N–H and O–H groups in total. The first-order valence-electron chi connectivity index (χ1n) is 8.03. The number of amides is 1. The number of carbonyl (C=O) groups excluding carboxylic acids is 1. The van der Waals surface area contributed by atoms with E-state index in [1.807, 2.05) is 7.05 Å². The van der Waals surface area contributed by atoms with Crippen LogP contribution in [0.1, 0.15) is 44.2 Å². The van der Waals surface area contributed by atoms with Crippen molar-refractivity contribution < 1.29 is 4.79 Å². The zero-order valence-electron chi connectivity index (χ0n) is 13.8. The van der Waals surface area contributed by atoms with E-state index in [4.69, 9.17) is 0 Å². The molecule has 1 aliphatic rings. The quantitative estimate of drug-likeness (QED) is 0.849. The van der Waals surface area contributed by atoms with Gasteiger partial charge in [0, 0.05) is 18.6 Å². The molecule has 2 rings (SSSR count). The highest BCUT2D eigenvalue weighted by molar-refractivity contribution is 5.79. The molecule has 1 amide bonds. The van der Waals surface area contributed by atoms with Crippen molar-refractivity contribution in [3.63, 3.8) is 0 Å². The molecule has 2 unspecified atom stereocenters. The summed E-state index contributed by atoms with van der Waals surface area (Å²) in [5.41, 5.74) is 2.59. The molecule has 1 heterocycles. The SMILES string of the molecule is Cc1ccccc1CN(C)CC(=O)N1C(C)CCCC1C. The largest absolute Gasteiger partial charge is 0.336 e. The van der Waals surface area contributed by atoms with Crippen molar-refractivity contribution in [3.05, 3.63) is 35.4 Å². The maximum Gasteiger partial charge on any atom is 0.237 e. The fourth-order valence-corrected chi connectivity index (χ4v) is 3.36. The van der Waals surface area contributed by atoms with Gasteiger partial charge < -0.3 is 4.90 Å². The molecule has 1 aliphatic heterocycles. The van der Waals surface area contributed by atoms with E-state index < -0.39 is 0 Å². The summed E-state index contributed by atoms with van der Waals surface area (Å²) in [6.07, 6.45) is 3.51. The van der Waals surface area contributed by atoms with Gasteiger partial charge in [-0.1, -0.05) is 24.3 Å². The Bertz CT molecular complexity index is 476. The number of hydrogen-bond acceptors (Lipinski definition) is 2. The van der Waals surface area contributed by atoms with Gasteiger partial charge in [-0.2, -0.15) is 0 Å². The lowest BCUT2D eigenvalue weighted by molar-refractivity contribution is -0.138. The summed E-state index contributed by atoms with van der Waals surface area (Å²) in [5.74, 6) is 0.269. The lowest BCUT2D eigenvalue weighted by Gasteiger charge is -2.39. The third-order valence-corrected chi connectivity index (χ3v) is 4.59. The Morgan fingerprint density at radius 1 is 1.24 bits per heavy atom. The Hall–Kier alpha value is -1.35. The van der Waals surface area contributed by atoms with Gasteiger partial charge in [0.25, 0.3) is 0 Å². The topological polar surface area (TPSA) is 23.6 Å². The Labute approximate surface area is 128 Å². The van der Waals surface area contributed by atoms with E-state index in [2.05, 4.69) is 54.8 Å². The number of nitrogens with zero attached hydrogens (tertiary/aromatic N) is 2. The second-order valence-electron chi connectivity index (χ2n) is 6.53. The summed E-state index contributed by atoms with van der Waals surface area (Å²) >= 11 is 0. The zero-order valence-corrected chi connectivity index (χ0v) is 13.8. The molecule has 0 saturated carbocycles. The summed E-state index contributed by atoms with van der Waals surface area (Å²) in [6, 6.07) is 9.15. The Morgan fingerprint density at radius 2 is 1.86 bits per heavy atom. The van der Waals surface area contributed by atoms with Crippen LogP contribution in [0, 0.1) is 6.92 Å². The van der Waals surface area contributed by atoms with E-state index >= 15 is 0 Å². The molecule has 21 heavy (non-hydrogen) atoms. The van der Waals surface area contributed by atoms with E-state index in [0.717, 1.165) is 19.4 Å². The summed E-state index contributed by atoms with van der Waals surface area (Å²) in [5, 5.41) is 0. The van der Waals surface area contributed by atoms with Crippen molar-refractivity contribution in [3.8, 4) is 0 Å². The van der Waals surface area contributed by atoms with Crippen LogP contribution >= 0.6 is 0 Å². The highest BCUT2D eigenvalue weighted by Gasteiger charge is 2.29. The van der Waals surface area contributed by atoms with Gasteiger partial charge in [0.2, 0.25) is 5.91 Å². The fourth-order valence-electron chi connectivity index (χ4n) is 3.36. The van der Waals surface area contributed by atoms with Crippen LogP contribution in [0.25, 0.3) is 0 Å². The monoisotopic (exact) mass is 288 g/mol. The van der Waals surface area contributed by atoms with Gasteiger partial charge in [0.15, 0.2) is 0 Å². The predicted octanol–water partition coefficient (Wildman–Crippen LogP) is 3.22. The van der Waals surface area contributed by atoms with Gasteiger partial charge in [-0.3, -0.25) is 9.69 Å². The van der Waals surface area contributed by atoms with Crippen molar-refractivity contribution in [2.45, 2.75) is 58.7 Å². The average Bonchev–Trinajstić information content (AvgIpc) is 2.41. The molecule has 0 spiro atoms. The minimum absolute atomic E-state index is 0.269. The van der Waals surface area contributed by atoms with Crippen LogP contribution in [-0.4, -0.2) is 41.4 Å². The standard InChI is InChI=1S/C18H28N2O/c1-14-8-5-6-11-17(14)12-19(4)13-18(21)20-15(2)9-7-10-16(20)3/h5-6,8,11,15-16H,7,9-10,12-13H2,1-4H3. The number of likely N-dealkylation sites (tertiary alicyclic amines) is 1. The molecular formula is C18H28N2O. The number of likely N-dealkylation sites (N-methyl/N-ethyl adjacent to an activating group) is 1. The second kappa shape index (κ2) is 7.08.